The molecule has 1 heterocycles. The first kappa shape index (κ1) is 13.5. The molecule has 2 rings (SSSR count). The van der Waals surface area contributed by atoms with Crippen LogP contribution in [-0.4, -0.2) is 32.5 Å². The molecule has 1 unspecified atom stereocenters. The summed E-state index contributed by atoms with van der Waals surface area (Å²) < 4.78 is 0. The van der Waals surface area contributed by atoms with Crippen LogP contribution in [-0.2, 0) is 4.79 Å². The van der Waals surface area contributed by atoms with Gasteiger partial charge < -0.3 is 10.4 Å². The molecule has 1 aliphatic rings. The Morgan fingerprint density at radius 3 is 2.74 bits per heavy atom. The molecule has 0 aromatic carbocycles. The Balaban J connectivity index is 2.11. The van der Waals surface area contributed by atoms with Crippen LogP contribution in [0.15, 0.2) is 18.6 Å². The van der Waals surface area contributed by atoms with Gasteiger partial charge in [-0.3, -0.25) is 9.59 Å². The first-order valence-electron chi connectivity index (χ1n) is 6.31. The number of carboxylic acids is 1. The van der Waals surface area contributed by atoms with Crippen LogP contribution in [0.3, 0.4) is 0 Å². The summed E-state index contributed by atoms with van der Waals surface area (Å²) in [5.41, 5.74) is -0.461. The molecule has 1 aromatic heterocycles. The number of hydrogen-bond donors (Lipinski definition) is 2. The number of carboxylic acid groups (broad SMARTS) is 1. The summed E-state index contributed by atoms with van der Waals surface area (Å²) in [5.74, 6) is -1.04. The Morgan fingerprint density at radius 2 is 2.26 bits per heavy atom. The van der Waals surface area contributed by atoms with Crippen molar-refractivity contribution in [3.05, 3.63) is 24.3 Å². The number of amides is 1. The number of carbonyl (C=O) groups excluding carboxylic acids is 1. The zero-order chi connectivity index (χ0) is 13.9. The van der Waals surface area contributed by atoms with Gasteiger partial charge in [0.05, 0.1) is 12.0 Å². The fourth-order valence-corrected chi connectivity index (χ4v) is 2.40. The molecule has 6 nitrogen and oxygen atoms in total. The van der Waals surface area contributed by atoms with Crippen molar-refractivity contribution in [3.63, 3.8) is 0 Å². The van der Waals surface area contributed by atoms with Gasteiger partial charge in [0.2, 0.25) is 0 Å². The predicted molar refractivity (Wildman–Crippen MR) is 67.5 cm³/mol. The van der Waals surface area contributed by atoms with Gasteiger partial charge in [-0.05, 0) is 31.7 Å². The summed E-state index contributed by atoms with van der Waals surface area (Å²) in [6.45, 7) is 1.80. The number of carbonyl (C=O) groups is 2. The summed E-state index contributed by atoms with van der Waals surface area (Å²) >= 11 is 0. The molecule has 6 heteroatoms. The van der Waals surface area contributed by atoms with E-state index >= 15 is 0 Å². The highest BCUT2D eigenvalue weighted by Gasteiger charge is 2.41. The fourth-order valence-electron chi connectivity index (χ4n) is 2.40. The Kier molecular flexibility index (Phi) is 3.78. The van der Waals surface area contributed by atoms with Crippen molar-refractivity contribution in [2.24, 2.45) is 5.92 Å². The van der Waals surface area contributed by atoms with Crippen LogP contribution in [0.25, 0.3) is 0 Å². The number of aliphatic carboxylic acids is 1. The fraction of sp³-hybridized carbons (Fsp3) is 0.538. The molecule has 1 aromatic rings. The third kappa shape index (κ3) is 3.07. The lowest BCUT2D eigenvalue weighted by molar-refractivity contribution is -0.139. The molecule has 1 aliphatic carbocycles. The second kappa shape index (κ2) is 5.34. The second-order valence-electron chi connectivity index (χ2n) is 5.16. The Hall–Kier alpha value is -1.98. The van der Waals surface area contributed by atoms with E-state index in [1.165, 1.54) is 18.6 Å². The molecule has 0 bridgehead atoms. The number of hydrogen-bond acceptors (Lipinski definition) is 4. The minimum absolute atomic E-state index is 0.0749. The van der Waals surface area contributed by atoms with Crippen molar-refractivity contribution in [1.82, 2.24) is 15.3 Å². The molecule has 1 atom stereocenters. The van der Waals surface area contributed by atoms with Crippen molar-refractivity contribution in [2.75, 3.05) is 0 Å². The molecule has 1 fully saturated rings. The zero-order valence-electron chi connectivity index (χ0n) is 10.8. The SMILES string of the molecule is CC(CC(=O)O)(NC(=O)c1ccncn1)C1CCC1. The van der Waals surface area contributed by atoms with Gasteiger partial charge in [0.15, 0.2) is 0 Å². The Labute approximate surface area is 111 Å². The molecule has 1 amide bonds. The largest absolute Gasteiger partial charge is 0.481 e. The van der Waals surface area contributed by atoms with Gasteiger partial charge in [-0.25, -0.2) is 9.97 Å². The third-order valence-electron chi connectivity index (χ3n) is 3.74. The summed E-state index contributed by atoms with van der Waals surface area (Å²) in [6, 6.07) is 1.51. The van der Waals surface area contributed by atoms with E-state index in [-0.39, 0.29) is 23.9 Å². The number of nitrogens with one attached hydrogen (secondary N) is 1. The van der Waals surface area contributed by atoms with E-state index in [0.717, 1.165) is 19.3 Å². The Morgan fingerprint density at radius 1 is 1.53 bits per heavy atom. The van der Waals surface area contributed by atoms with E-state index in [1.54, 1.807) is 6.92 Å². The topological polar surface area (TPSA) is 92.2 Å². The normalized spacial score (nSPS) is 18.2. The lowest BCUT2D eigenvalue weighted by atomic mass is 9.70. The predicted octanol–water partition coefficient (Wildman–Crippen LogP) is 1.24. The highest BCUT2D eigenvalue weighted by atomic mass is 16.4. The third-order valence-corrected chi connectivity index (χ3v) is 3.74. The van der Waals surface area contributed by atoms with Gasteiger partial charge in [-0.1, -0.05) is 6.42 Å². The van der Waals surface area contributed by atoms with Crippen molar-refractivity contribution >= 4 is 11.9 Å². The lowest BCUT2D eigenvalue weighted by Gasteiger charge is -2.42. The van der Waals surface area contributed by atoms with Crippen LogP contribution in [0, 0.1) is 5.92 Å². The van der Waals surface area contributed by atoms with Crippen LogP contribution in [0.4, 0.5) is 0 Å². The molecule has 0 spiro atoms. The highest BCUT2D eigenvalue weighted by molar-refractivity contribution is 5.93. The van der Waals surface area contributed by atoms with Crippen LogP contribution >= 0.6 is 0 Å². The lowest BCUT2D eigenvalue weighted by Crippen LogP contribution is -2.54. The minimum Gasteiger partial charge on any atom is -0.481 e. The van der Waals surface area contributed by atoms with Gasteiger partial charge in [-0.15, -0.1) is 0 Å². The number of rotatable bonds is 5. The van der Waals surface area contributed by atoms with E-state index in [2.05, 4.69) is 15.3 Å². The molecule has 1 saturated carbocycles. The quantitative estimate of drug-likeness (QED) is 0.833. The molecule has 19 heavy (non-hydrogen) atoms. The summed E-state index contributed by atoms with van der Waals surface area (Å²) in [5, 5.41) is 11.9. The molecule has 0 aliphatic heterocycles. The van der Waals surface area contributed by atoms with Gasteiger partial charge in [-0.2, -0.15) is 0 Å². The summed E-state index contributed by atoms with van der Waals surface area (Å²) in [6.07, 6.45) is 5.70. The number of nitrogens with zero attached hydrogens (tertiary/aromatic N) is 2. The van der Waals surface area contributed by atoms with Crippen molar-refractivity contribution < 1.29 is 14.7 Å². The van der Waals surface area contributed by atoms with Crippen LogP contribution in [0.5, 0.6) is 0 Å². The van der Waals surface area contributed by atoms with Crippen LogP contribution in [0.2, 0.25) is 0 Å². The Bertz CT molecular complexity index is 473. The van der Waals surface area contributed by atoms with E-state index < -0.39 is 11.5 Å². The van der Waals surface area contributed by atoms with Gasteiger partial charge in [0.1, 0.15) is 12.0 Å². The van der Waals surface area contributed by atoms with Gasteiger partial charge in [0.25, 0.3) is 5.91 Å². The van der Waals surface area contributed by atoms with Gasteiger partial charge >= 0.3 is 5.97 Å². The molecule has 2 N–H and O–H groups in total. The zero-order valence-corrected chi connectivity index (χ0v) is 10.8. The molecule has 0 radical (unpaired) electrons. The van der Waals surface area contributed by atoms with E-state index in [4.69, 9.17) is 5.11 Å². The number of aromatic nitrogens is 2. The average Bonchev–Trinajstić information content (AvgIpc) is 2.25. The average molecular weight is 263 g/mol. The standard InChI is InChI=1S/C13H17N3O3/c1-13(7-11(17)18,9-3-2-4-9)16-12(19)10-5-6-14-8-15-10/h5-6,8-9H,2-4,7H2,1H3,(H,16,19)(H,17,18). The second-order valence-corrected chi connectivity index (χ2v) is 5.16. The van der Waals surface area contributed by atoms with E-state index in [0.29, 0.717) is 0 Å². The molecular weight excluding hydrogens is 246 g/mol. The maximum atomic E-state index is 12.1. The monoisotopic (exact) mass is 263 g/mol. The smallest absolute Gasteiger partial charge is 0.305 e. The maximum Gasteiger partial charge on any atom is 0.305 e. The van der Waals surface area contributed by atoms with Crippen molar-refractivity contribution in [2.45, 2.75) is 38.1 Å². The molecular formula is C13H17N3O3. The summed E-state index contributed by atoms with van der Waals surface area (Å²) in [7, 11) is 0. The maximum absolute atomic E-state index is 12.1. The minimum atomic E-state index is -0.905. The first-order valence-corrected chi connectivity index (χ1v) is 6.31. The van der Waals surface area contributed by atoms with Crippen LogP contribution < -0.4 is 5.32 Å². The summed E-state index contributed by atoms with van der Waals surface area (Å²) in [4.78, 5) is 30.7. The molecule has 102 valence electrons. The van der Waals surface area contributed by atoms with Crippen LogP contribution in [0.1, 0.15) is 43.1 Å². The molecule has 0 saturated heterocycles. The van der Waals surface area contributed by atoms with Gasteiger partial charge in [0, 0.05) is 6.20 Å². The van der Waals surface area contributed by atoms with E-state index in [1.807, 2.05) is 0 Å². The first-order chi connectivity index (χ1) is 9.01. The highest BCUT2D eigenvalue weighted by Crippen LogP contribution is 2.38. The van der Waals surface area contributed by atoms with E-state index in [9.17, 15) is 9.59 Å². The van der Waals surface area contributed by atoms with Crippen molar-refractivity contribution in [1.29, 1.82) is 0 Å². The van der Waals surface area contributed by atoms with Crippen molar-refractivity contribution in [3.8, 4) is 0 Å².